The summed E-state index contributed by atoms with van der Waals surface area (Å²) in [5.74, 6) is 0.0450. The molecule has 0 bridgehead atoms. The van der Waals surface area contributed by atoms with Gasteiger partial charge in [-0.15, -0.1) is 0 Å². The SMILES string of the molecule is CC1CN(CC(=O)Nc2ccc(Br)cc2)CC(C)N1. The second kappa shape index (κ2) is 6.50. The van der Waals surface area contributed by atoms with Crippen molar-refractivity contribution in [1.29, 1.82) is 0 Å². The molecule has 1 amide bonds. The lowest BCUT2D eigenvalue weighted by molar-refractivity contribution is -0.117. The van der Waals surface area contributed by atoms with Crippen molar-refractivity contribution in [2.45, 2.75) is 25.9 Å². The Morgan fingerprint density at radius 3 is 2.47 bits per heavy atom. The largest absolute Gasteiger partial charge is 0.325 e. The van der Waals surface area contributed by atoms with Crippen molar-refractivity contribution >= 4 is 27.5 Å². The van der Waals surface area contributed by atoms with E-state index in [4.69, 9.17) is 0 Å². The molecule has 0 aliphatic carbocycles. The van der Waals surface area contributed by atoms with Gasteiger partial charge in [0, 0.05) is 35.3 Å². The number of benzene rings is 1. The van der Waals surface area contributed by atoms with Crippen LogP contribution in [0.15, 0.2) is 28.7 Å². The van der Waals surface area contributed by atoms with Gasteiger partial charge in [0.25, 0.3) is 0 Å². The molecular formula is C14H20BrN3O. The lowest BCUT2D eigenvalue weighted by Crippen LogP contribution is -2.55. The van der Waals surface area contributed by atoms with Gasteiger partial charge in [-0.1, -0.05) is 15.9 Å². The molecule has 2 atom stereocenters. The maximum Gasteiger partial charge on any atom is 0.238 e. The molecule has 2 N–H and O–H groups in total. The summed E-state index contributed by atoms with van der Waals surface area (Å²) >= 11 is 3.38. The summed E-state index contributed by atoms with van der Waals surface area (Å²) in [5.41, 5.74) is 0.837. The van der Waals surface area contributed by atoms with Crippen molar-refractivity contribution in [3.63, 3.8) is 0 Å². The first kappa shape index (κ1) is 14.5. The van der Waals surface area contributed by atoms with Crippen molar-refractivity contribution in [2.75, 3.05) is 25.0 Å². The Morgan fingerprint density at radius 1 is 1.32 bits per heavy atom. The van der Waals surface area contributed by atoms with Gasteiger partial charge in [0.1, 0.15) is 0 Å². The molecule has 2 rings (SSSR count). The van der Waals surface area contributed by atoms with Gasteiger partial charge in [0.2, 0.25) is 5.91 Å². The summed E-state index contributed by atoms with van der Waals surface area (Å²) in [4.78, 5) is 14.2. The zero-order valence-corrected chi connectivity index (χ0v) is 12.9. The number of nitrogens with zero attached hydrogens (tertiary/aromatic N) is 1. The van der Waals surface area contributed by atoms with Crippen molar-refractivity contribution in [2.24, 2.45) is 0 Å². The van der Waals surface area contributed by atoms with E-state index in [1.54, 1.807) is 0 Å². The van der Waals surface area contributed by atoms with Crippen molar-refractivity contribution < 1.29 is 4.79 Å². The number of amides is 1. The van der Waals surface area contributed by atoms with Gasteiger partial charge < -0.3 is 10.6 Å². The van der Waals surface area contributed by atoms with E-state index < -0.39 is 0 Å². The molecule has 1 saturated heterocycles. The van der Waals surface area contributed by atoms with Crippen LogP contribution in [0.25, 0.3) is 0 Å². The average molecular weight is 326 g/mol. The van der Waals surface area contributed by atoms with Gasteiger partial charge in [-0.3, -0.25) is 9.69 Å². The van der Waals surface area contributed by atoms with Gasteiger partial charge in [-0.2, -0.15) is 0 Å². The zero-order valence-electron chi connectivity index (χ0n) is 11.3. The molecule has 1 fully saturated rings. The Hall–Kier alpha value is -0.910. The number of carbonyl (C=O) groups is 1. The third-order valence-electron chi connectivity index (χ3n) is 3.13. The Balaban J connectivity index is 1.85. The zero-order chi connectivity index (χ0) is 13.8. The highest BCUT2D eigenvalue weighted by molar-refractivity contribution is 9.10. The average Bonchev–Trinajstić information content (AvgIpc) is 2.30. The third kappa shape index (κ3) is 4.60. The van der Waals surface area contributed by atoms with Gasteiger partial charge in [-0.25, -0.2) is 0 Å². The van der Waals surface area contributed by atoms with E-state index in [2.05, 4.69) is 45.3 Å². The molecule has 1 aromatic rings. The smallest absolute Gasteiger partial charge is 0.238 e. The normalized spacial score (nSPS) is 24.2. The summed E-state index contributed by atoms with van der Waals surface area (Å²) in [6.07, 6.45) is 0. The Kier molecular flexibility index (Phi) is 4.96. The van der Waals surface area contributed by atoms with E-state index in [0.717, 1.165) is 23.2 Å². The summed E-state index contributed by atoms with van der Waals surface area (Å²) in [7, 11) is 0. The minimum atomic E-state index is 0.0450. The minimum absolute atomic E-state index is 0.0450. The molecule has 1 aliphatic rings. The van der Waals surface area contributed by atoms with Crippen molar-refractivity contribution in [3.05, 3.63) is 28.7 Å². The maximum absolute atomic E-state index is 12.0. The number of piperazine rings is 1. The first-order valence-corrected chi connectivity index (χ1v) is 7.36. The van der Waals surface area contributed by atoms with Crippen LogP contribution >= 0.6 is 15.9 Å². The molecular weight excluding hydrogens is 306 g/mol. The first-order valence-electron chi connectivity index (χ1n) is 6.57. The Morgan fingerprint density at radius 2 is 1.89 bits per heavy atom. The van der Waals surface area contributed by atoms with Crippen LogP contribution in [-0.2, 0) is 4.79 Å². The van der Waals surface area contributed by atoms with E-state index in [9.17, 15) is 4.79 Å². The molecule has 1 aliphatic heterocycles. The van der Waals surface area contributed by atoms with Crippen LogP contribution in [0, 0.1) is 0 Å². The molecule has 104 valence electrons. The first-order chi connectivity index (χ1) is 9.02. The predicted molar refractivity (Wildman–Crippen MR) is 81.3 cm³/mol. The van der Waals surface area contributed by atoms with E-state index in [1.165, 1.54) is 0 Å². The molecule has 1 heterocycles. The summed E-state index contributed by atoms with van der Waals surface area (Å²) in [5, 5.41) is 6.38. The number of rotatable bonds is 3. The van der Waals surface area contributed by atoms with Crippen LogP contribution in [0.1, 0.15) is 13.8 Å². The maximum atomic E-state index is 12.0. The lowest BCUT2D eigenvalue weighted by atomic mass is 10.1. The second-order valence-corrected chi connectivity index (χ2v) is 6.13. The molecule has 0 saturated carbocycles. The summed E-state index contributed by atoms with van der Waals surface area (Å²) < 4.78 is 1.01. The highest BCUT2D eigenvalue weighted by Crippen LogP contribution is 2.14. The Bertz CT molecular complexity index is 425. The Labute approximate surface area is 122 Å². The fourth-order valence-electron chi connectivity index (χ4n) is 2.51. The molecule has 0 aromatic heterocycles. The van der Waals surface area contributed by atoms with Crippen LogP contribution < -0.4 is 10.6 Å². The van der Waals surface area contributed by atoms with Crippen LogP contribution in [-0.4, -0.2) is 42.5 Å². The van der Waals surface area contributed by atoms with E-state index >= 15 is 0 Å². The van der Waals surface area contributed by atoms with Crippen LogP contribution in [0.4, 0.5) is 5.69 Å². The predicted octanol–water partition coefficient (Wildman–Crippen LogP) is 2.07. The monoisotopic (exact) mass is 325 g/mol. The number of halogens is 1. The number of nitrogens with one attached hydrogen (secondary N) is 2. The van der Waals surface area contributed by atoms with Gasteiger partial charge in [0.15, 0.2) is 0 Å². The highest BCUT2D eigenvalue weighted by Gasteiger charge is 2.22. The van der Waals surface area contributed by atoms with E-state index in [-0.39, 0.29) is 5.91 Å². The minimum Gasteiger partial charge on any atom is -0.325 e. The number of hydrogen-bond donors (Lipinski definition) is 2. The van der Waals surface area contributed by atoms with E-state index in [0.29, 0.717) is 18.6 Å². The van der Waals surface area contributed by atoms with Crippen LogP contribution in [0.5, 0.6) is 0 Å². The number of hydrogen-bond acceptors (Lipinski definition) is 3. The van der Waals surface area contributed by atoms with Crippen molar-refractivity contribution in [1.82, 2.24) is 10.2 Å². The molecule has 1 aromatic carbocycles. The van der Waals surface area contributed by atoms with Gasteiger partial charge in [-0.05, 0) is 38.1 Å². The van der Waals surface area contributed by atoms with Crippen LogP contribution in [0.3, 0.4) is 0 Å². The van der Waals surface area contributed by atoms with Crippen molar-refractivity contribution in [3.8, 4) is 0 Å². The summed E-state index contributed by atoms with van der Waals surface area (Å²) in [6, 6.07) is 8.50. The number of anilines is 1. The molecule has 4 nitrogen and oxygen atoms in total. The van der Waals surface area contributed by atoms with Gasteiger partial charge >= 0.3 is 0 Å². The topological polar surface area (TPSA) is 44.4 Å². The molecule has 0 spiro atoms. The van der Waals surface area contributed by atoms with E-state index in [1.807, 2.05) is 24.3 Å². The molecule has 2 unspecified atom stereocenters. The highest BCUT2D eigenvalue weighted by atomic mass is 79.9. The quantitative estimate of drug-likeness (QED) is 0.894. The number of carbonyl (C=O) groups excluding carboxylic acids is 1. The molecule has 0 radical (unpaired) electrons. The summed E-state index contributed by atoms with van der Waals surface area (Å²) in [6.45, 7) is 6.58. The standard InChI is InChI=1S/C14H20BrN3O/c1-10-7-18(8-11(2)16-10)9-14(19)17-13-5-3-12(15)4-6-13/h3-6,10-11,16H,7-9H2,1-2H3,(H,17,19). The fraction of sp³-hybridized carbons (Fsp3) is 0.500. The molecule has 5 heteroatoms. The third-order valence-corrected chi connectivity index (χ3v) is 3.66. The van der Waals surface area contributed by atoms with Crippen LogP contribution in [0.2, 0.25) is 0 Å². The second-order valence-electron chi connectivity index (χ2n) is 5.22. The van der Waals surface area contributed by atoms with Gasteiger partial charge in [0.05, 0.1) is 6.54 Å². The lowest BCUT2D eigenvalue weighted by Gasteiger charge is -2.35. The molecule has 19 heavy (non-hydrogen) atoms. The fourth-order valence-corrected chi connectivity index (χ4v) is 2.77.